The number of allylic oxidation sites excluding steroid dienone is 1. The Hall–Kier alpha value is -2.01. The fourth-order valence-corrected chi connectivity index (χ4v) is 5.43. The van der Waals surface area contributed by atoms with Gasteiger partial charge in [-0.1, -0.05) is 18.6 Å². The normalized spacial score (nSPS) is 32.7. The van der Waals surface area contributed by atoms with Gasteiger partial charge in [-0.05, 0) is 47.1 Å². The van der Waals surface area contributed by atoms with Crippen LogP contribution in [0.2, 0.25) is 0 Å². The van der Waals surface area contributed by atoms with E-state index >= 15 is 0 Å². The van der Waals surface area contributed by atoms with Crippen LogP contribution in [0.5, 0.6) is 0 Å². The first-order valence-electron chi connectivity index (χ1n) is 12.9. The SMILES string of the molecule is CCC(=O)N(C)CCN(C)CC(=O)NC(=O)OC1CC[C@]2(CO2)C([C@]2(C)O[C@@H]2CC=C(C)C)C1OC. The van der Waals surface area contributed by atoms with Crippen LogP contribution >= 0.6 is 0 Å². The van der Waals surface area contributed by atoms with E-state index in [4.69, 9.17) is 18.9 Å². The Bertz CT molecular complexity index is 854. The van der Waals surface area contributed by atoms with E-state index in [-0.39, 0.29) is 30.1 Å². The molecule has 3 unspecified atom stereocenters. The molecular weight excluding hydrogens is 466 g/mol. The quantitative estimate of drug-likeness (QED) is 0.333. The van der Waals surface area contributed by atoms with Crippen molar-refractivity contribution in [3.63, 3.8) is 0 Å². The molecule has 3 fully saturated rings. The number of carbonyl (C=O) groups is 3. The van der Waals surface area contributed by atoms with Crippen molar-refractivity contribution in [1.82, 2.24) is 15.1 Å². The molecule has 204 valence electrons. The third-order valence-corrected chi connectivity index (χ3v) is 7.70. The van der Waals surface area contributed by atoms with Crippen LogP contribution in [0.3, 0.4) is 0 Å². The summed E-state index contributed by atoms with van der Waals surface area (Å²) in [6.07, 6.45) is 3.11. The number of hydrogen-bond acceptors (Lipinski definition) is 8. The predicted octanol–water partition coefficient (Wildman–Crippen LogP) is 2.12. The van der Waals surface area contributed by atoms with Crippen molar-refractivity contribution in [3.05, 3.63) is 11.6 Å². The second-order valence-corrected chi connectivity index (χ2v) is 10.8. The van der Waals surface area contributed by atoms with E-state index in [1.54, 1.807) is 31.0 Å². The number of likely N-dealkylation sites (N-methyl/N-ethyl adjacent to an activating group) is 2. The Labute approximate surface area is 214 Å². The summed E-state index contributed by atoms with van der Waals surface area (Å²) in [4.78, 5) is 40.1. The molecule has 36 heavy (non-hydrogen) atoms. The summed E-state index contributed by atoms with van der Waals surface area (Å²) in [6.45, 7) is 9.70. The average molecular weight is 510 g/mol. The van der Waals surface area contributed by atoms with E-state index in [1.165, 1.54) is 5.57 Å². The van der Waals surface area contributed by atoms with Gasteiger partial charge in [0.05, 0.1) is 25.2 Å². The van der Waals surface area contributed by atoms with Gasteiger partial charge in [-0.3, -0.25) is 19.8 Å². The lowest BCUT2D eigenvalue weighted by Crippen LogP contribution is -2.56. The second-order valence-electron chi connectivity index (χ2n) is 10.8. The summed E-state index contributed by atoms with van der Waals surface area (Å²) in [5, 5.41) is 2.32. The van der Waals surface area contributed by atoms with Gasteiger partial charge in [-0.15, -0.1) is 0 Å². The molecule has 2 heterocycles. The fourth-order valence-electron chi connectivity index (χ4n) is 5.43. The van der Waals surface area contributed by atoms with Crippen LogP contribution in [0.15, 0.2) is 11.6 Å². The van der Waals surface area contributed by atoms with Gasteiger partial charge in [-0.2, -0.15) is 0 Å². The summed E-state index contributed by atoms with van der Waals surface area (Å²) in [7, 11) is 5.11. The molecule has 0 aromatic rings. The van der Waals surface area contributed by atoms with E-state index in [0.29, 0.717) is 32.5 Å². The van der Waals surface area contributed by atoms with Crippen molar-refractivity contribution < 1.29 is 33.3 Å². The lowest BCUT2D eigenvalue weighted by molar-refractivity contribution is -0.129. The monoisotopic (exact) mass is 509 g/mol. The van der Waals surface area contributed by atoms with Gasteiger partial charge in [0.25, 0.3) is 0 Å². The van der Waals surface area contributed by atoms with Crippen LogP contribution < -0.4 is 5.32 Å². The van der Waals surface area contributed by atoms with Crippen molar-refractivity contribution in [3.8, 4) is 0 Å². The first-order valence-corrected chi connectivity index (χ1v) is 12.9. The van der Waals surface area contributed by atoms with Crippen molar-refractivity contribution in [2.45, 2.75) is 82.9 Å². The molecule has 1 spiro atoms. The smallest absolute Gasteiger partial charge is 0.414 e. The van der Waals surface area contributed by atoms with Crippen LogP contribution in [-0.4, -0.2) is 105 Å². The molecule has 10 heteroatoms. The van der Waals surface area contributed by atoms with E-state index in [9.17, 15) is 14.4 Å². The van der Waals surface area contributed by atoms with Crippen LogP contribution in [-0.2, 0) is 28.5 Å². The van der Waals surface area contributed by atoms with Crippen molar-refractivity contribution in [2.75, 3.05) is 47.4 Å². The van der Waals surface area contributed by atoms with Crippen molar-refractivity contribution in [1.29, 1.82) is 0 Å². The lowest BCUT2D eigenvalue weighted by atomic mass is 9.68. The zero-order valence-electron chi connectivity index (χ0n) is 22.8. The first-order chi connectivity index (χ1) is 17.0. The van der Waals surface area contributed by atoms with Crippen molar-refractivity contribution in [2.24, 2.45) is 5.92 Å². The third kappa shape index (κ3) is 6.65. The number of ether oxygens (including phenoxy) is 4. The molecule has 0 aromatic carbocycles. The van der Waals surface area contributed by atoms with Gasteiger partial charge in [0.15, 0.2) is 0 Å². The highest BCUT2D eigenvalue weighted by Crippen LogP contribution is 2.59. The van der Waals surface area contributed by atoms with Crippen molar-refractivity contribution >= 4 is 17.9 Å². The number of imide groups is 1. The molecule has 3 amide bonds. The molecule has 3 aliphatic rings. The number of methoxy groups -OCH3 is 1. The number of carbonyl (C=O) groups excluding carboxylic acids is 3. The number of amides is 3. The molecule has 10 nitrogen and oxygen atoms in total. The number of epoxide rings is 2. The maximum Gasteiger partial charge on any atom is 0.414 e. The molecule has 0 bridgehead atoms. The molecule has 0 radical (unpaired) electrons. The number of nitrogens with one attached hydrogen (secondary N) is 1. The lowest BCUT2D eigenvalue weighted by Gasteiger charge is -2.42. The Morgan fingerprint density at radius 3 is 2.47 bits per heavy atom. The summed E-state index contributed by atoms with van der Waals surface area (Å²) >= 11 is 0. The predicted molar refractivity (Wildman–Crippen MR) is 133 cm³/mol. The minimum atomic E-state index is -0.784. The molecule has 1 N–H and O–H groups in total. The highest BCUT2D eigenvalue weighted by molar-refractivity contribution is 5.92. The maximum atomic E-state index is 12.6. The minimum Gasteiger partial charge on any atom is -0.443 e. The number of rotatable bonds is 11. The number of hydrogen-bond donors (Lipinski definition) is 1. The van der Waals surface area contributed by atoms with Crippen LogP contribution in [0, 0.1) is 5.92 Å². The van der Waals surface area contributed by atoms with Crippen LogP contribution in [0.4, 0.5) is 4.79 Å². The van der Waals surface area contributed by atoms with Gasteiger partial charge in [0, 0.05) is 33.7 Å². The molecule has 1 aliphatic carbocycles. The van der Waals surface area contributed by atoms with Gasteiger partial charge >= 0.3 is 6.09 Å². The zero-order chi connectivity index (χ0) is 26.7. The fraction of sp³-hybridized carbons (Fsp3) is 0.808. The largest absolute Gasteiger partial charge is 0.443 e. The van der Waals surface area contributed by atoms with Gasteiger partial charge in [0.1, 0.15) is 23.4 Å². The second kappa shape index (κ2) is 11.6. The van der Waals surface area contributed by atoms with Crippen LogP contribution in [0.1, 0.15) is 53.4 Å². The molecule has 0 aromatic heterocycles. The molecule has 6 atom stereocenters. The maximum absolute atomic E-state index is 12.6. The highest BCUT2D eigenvalue weighted by atomic mass is 16.6. The highest BCUT2D eigenvalue weighted by Gasteiger charge is 2.72. The first kappa shape index (κ1) is 28.6. The molecular formula is C26H43N3O7. The minimum absolute atomic E-state index is 0.0131. The zero-order valence-corrected chi connectivity index (χ0v) is 22.8. The van der Waals surface area contributed by atoms with Crippen LogP contribution in [0.25, 0.3) is 0 Å². The Kier molecular flexibility index (Phi) is 9.19. The number of nitrogens with zero attached hydrogens (tertiary/aromatic N) is 2. The van der Waals surface area contributed by atoms with E-state index in [2.05, 4.69) is 32.2 Å². The summed E-state index contributed by atoms with van der Waals surface area (Å²) in [5.74, 6) is -0.502. The van der Waals surface area contributed by atoms with E-state index in [1.807, 2.05) is 6.92 Å². The summed E-state index contributed by atoms with van der Waals surface area (Å²) in [6, 6.07) is 0. The average Bonchev–Trinajstić information content (AvgIpc) is 3.73. The van der Waals surface area contributed by atoms with Gasteiger partial charge < -0.3 is 23.8 Å². The Morgan fingerprint density at radius 1 is 1.19 bits per heavy atom. The molecule has 1 saturated carbocycles. The summed E-state index contributed by atoms with van der Waals surface area (Å²) in [5.41, 5.74) is 0.509. The number of alkyl carbamates (subject to hydrolysis) is 1. The van der Waals surface area contributed by atoms with Gasteiger partial charge in [0.2, 0.25) is 11.8 Å². The topological polar surface area (TPSA) is 113 Å². The van der Waals surface area contributed by atoms with Gasteiger partial charge in [-0.25, -0.2) is 4.79 Å². The Balaban J connectivity index is 1.53. The molecule has 2 saturated heterocycles. The molecule has 2 aliphatic heterocycles. The van der Waals surface area contributed by atoms with E-state index < -0.39 is 29.8 Å². The Morgan fingerprint density at radius 2 is 1.89 bits per heavy atom. The molecule has 3 rings (SSSR count). The third-order valence-electron chi connectivity index (χ3n) is 7.70. The summed E-state index contributed by atoms with van der Waals surface area (Å²) < 4.78 is 23.7. The van der Waals surface area contributed by atoms with E-state index in [0.717, 1.165) is 12.8 Å². The standard InChI is InChI=1S/C26H43N3O7/c1-8-21(31)29(6)14-13-28(5)15-20(30)27-24(32)35-18-11-12-26(16-34-26)23(22(18)33-7)25(4)19(36-25)10-9-17(2)3/h9,18-19,22-23H,8,10-16H2,1-7H3,(H,27,30,32)/t18?,19-,22?,23?,25-,26+/m1/s1.